The van der Waals surface area contributed by atoms with Gasteiger partial charge < -0.3 is 10.2 Å². The molecule has 0 bridgehead atoms. The summed E-state index contributed by atoms with van der Waals surface area (Å²) in [5.74, 6) is 0.122. The van der Waals surface area contributed by atoms with Crippen molar-refractivity contribution in [1.29, 1.82) is 0 Å². The van der Waals surface area contributed by atoms with Gasteiger partial charge in [0.25, 0.3) is 0 Å². The Morgan fingerprint density at radius 2 is 1.79 bits per heavy atom. The van der Waals surface area contributed by atoms with Crippen molar-refractivity contribution in [3.63, 3.8) is 0 Å². The third-order valence-corrected chi connectivity index (χ3v) is 2.34. The van der Waals surface area contributed by atoms with E-state index in [9.17, 15) is 9.59 Å². The summed E-state index contributed by atoms with van der Waals surface area (Å²) in [6, 6.07) is 0.144. The fourth-order valence-electron chi connectivity index (χ4n) is 1.23. The number of likely N-dealkylation sites (tertiary alicyclic amines) is 1. The van der Waals surface area contributed by atoms with E-state index in [1.165, 1.54) is 0 Å². The predicted molar refractivity (Wildman–Crippen MR) is 53.6 cm³/mol. The van der Waals surface area contributed by atoms with Crippen LogP contribution in [0.15, 0.2) is 0 Å². The molecule has 14 heavy (non-hydrogen) atoms. The summed E-state index contributed by atoms with van der Waals surface area (Å²) in [7, 11) is 0. The second kappa shape index (κ2) is 3.59. The summed E-state index contributed by atoms with van der Waals surface area (Å²) in [5, 5.41) is 2.91. The number of hydrogen-bond acceptors (Lipinski definition) is 2. The lowest BCUT2D eigenvalue weighted by Gasteiger charge is -2.40. The van der Waals surface area contributed by atoms with Gasteiger partial charge in [0.05, 0.1) is 6.04 Å². The lowest BCUT2D eigenvalue weighted by atomic mass is 9.94. The number of amides is 2. The second-order valence-corrected chi connectivity index (χ2v) is 4.84. The Balaban J connectivity index is 2.30. The molecule has 0 aromatic heterocycles. The normalized spacial score (nSPS) is 17.6. The average molecular weight is 198 g/mol. The summed E-state index contributed by atoms with van der Waals surface area (Å²) < 4.78 is 0. The van der Waals surface area contributed by atoms with Gasteiger partial charge in [0.2, 0.25) is 11.8 Å². The van der Waals surface area contributed by atoms with Gasteiger partial charge in [-0.1, -0.05) is 20.8 Å². The highest BCUT2D eigenvalue weighted by Gasteiger charge is 2.32. The predicted octanol–water partition coefficient (Wildman–Crippen LogP) is 0.379. The molecule has 0 radical (unpaired) electrons. The first-order valence-corrected chi connectivity index (χ1v) is 4.87. The van der Waals surface area contributed by atoms with Gasteiger partial charge in [-0.2, -0.15) is 0 Å². The van der Waals surface area contributed by atoms with Gasteiger partial charge in [0.15, 0.2) is 0 Å². The van der Waals surface area contributed by atoms with E-state index < -0.39 is 0 Å². The number of hydrogen-bond donors (Lipinski definition) is 1. The Labute approximate surface area is 84.7 Å². The number of rotatable bonds is 1. The van der Waals surface area contributed by atoms with E-state index in [1.54, 1.807) is 11.8 Å². The van der Waals surface area contributed by atoms with E-state index in [-0.39, 0.29) is 23.3 Å². The minimum Gasteiger partial charge on any atom is -0.349 e. The molecule has 0 aliphatic carbocycles. The van der Waals surface area contributed by atoms with E-state index in [0.717, 1.165) is 0 Å². The third-order valence-electron chi connectivity index (χ3n) is 2.34. The van der Waals surface area contributed by atoms with Crippen LogP contribution in [-0.2, 0) is 9.59 Å². The lowest BCUT2D eigenvalue weighted by molar-refractivity contribution is -0.137. The average Bonchev–Trinajstić information content (AvgIpc) is 1.92. The SMILES string of the molecule is CC(=O)N1CC(NC(=O)C(C)(C)C)C1. The molecule has 1 rings (SSSR count). The van der Waals surface area contributed by atoms with Crippen molar-refractivity contribution in [3.05, 3.63) is 0 Å². The van der Waals surface area contributed by atoms with Crippen LogP contribution in [0.2, 0.25) is 0 Å². The molecule has 1 aliphatic heterocycles. The zero-order valence-electron chi connectivity index (χ0n) is 9.26. The second-order valence-electron chi connectivity index (χ2n) is 4.84. The monoisotopic (exact) mass is 198 g/mol. The van der Waals surface area contributed by atoms with E-state index in [2.05, 4.69) is 5.32 Å². The molecule has 2 amide bonds. The van der Waals surface area contributed by atoms with Crippen LogP contribution >= 0.6 is 0 Å². The molecule has 4 nitrogen and oxygen atoms in total. The first kappa shape index (κ1) is 11.0. The molecular formula is C10H18N2O2. The van der Waals surface area contributed by atoms with E-state index in [4.69, 9.17) is 0 Å². The standard InChI is InChI=1S/C10H18N2O2/c1-7(13)12-5-8(6-12)11-9(14)10(2,3)4/h8H,5-6H2,1-4H3,(H,11,14). The molecule has 1 saturated heterocycles. The van der Waals surface area contributed by atoms with Crippen LogP contribution in [-0.4, -0.2) is 35.8 Å². The highest BCUT2D eigenvalue weighted by Crippen LogP contribution is 2.15. The Morgan fingerprint density at radius 1 is 1.29 bits per heavy atom. The summed E-state index contributed by atoms with van der Waals surface area (Å²) in [5.41, 5.74) is -0.351. The van der Waals surface area contributed by atoms with Crippen molar-refractivity contribution in [3.8, 4) is 0 Å². The van der Waals surface area contributed by atoms with Gasteiger partial charge in [-0.3, -0.25) is 9.59 Å². The number of carbonyl (C=O) groups excluding carboxylic acids is 2. The molecule has 1 heterocycles. The summed E-state index contributed by atoms with van der Waals surface area (Å²) in [4.78, 5) is 24.1. The van der Waals surface area contributed by atoms with Crippen molar-refractivity contribution >= 4 is 11.8 Å². The van der Waals surface area contributed by atoms with Gasteiger partial charge in [0, 0.05) is 25.4 Å². The Morgan fingerprint density at radius 3 is 2.14 bits per heavy atom. The molecule has 0 saturated carbocycles. The van der Waals surface area contributed by atoms with Gasteiger partial charge in [-0.05, 0) is 0 Å². The molecule has 80 valence electrons. The van der Waals surface area contributed by atoms with Crippen LogP contribution in [0.3, 0.4) is 0 Å². The smallest absolute Gasteiger partial charge is 0.225 e. The van der Waals surface area contributed by atoms with Gasteiger partial charge in [-0.15, -0.1) is 0 Å². The maximum Gasteiger partial charge on any atom is 0.225 e. The van der Waals surface area contributed by atoms with E-state index in [0.29, 0.717) is 13.1 Å². The summed E-state index contributed by atoms with van der Waals surface area (Å²) in [6.45, 7) is 8.48. The molecule has 0 unspecified atom stereocenters. The minimum absolute atomic E-state index is 0.0469. The van der Waals surface area contributed by atoms with Crippen LogP contribution in [0.1, 0.15) is 27.7 Å². The Bertz CT molecular complexity index is 249. The number of nitrogens with one attached hydrogen (secondary N) is 1. The fraction of sp³-hybridized carbons (Fsp3) is 0.800. The number of nitrogens with zero attached hydrogens (tertiary/aromatic N) is 1. The lowest BCUT2D eigenvalue weighted by Crippen LogP contribution is -2.61. The molecule has 1 aliphatic rings. The molecule has 0 aromatic rings. The molecule has 0 atom stereocenters. The van der Waals surface area contributed by atoms with Gasteiger partial charge in [0.1, 0.15) is 0 Å². The Kier molecular flexibility index (Phi) is 2.83. The van der Waals surface area contributed by atoms with Crippen LogP contribution in [0, 0.1) is 5.41 Å². The summed E-state index contributed by atoms with van der Waals surface area (Å²) in [6.07, 6.45) is 0. The topological polar surface area (TPSA) is 49.4 Å². The molecular weight excluding hydrogens is 180 g/mol. The third kappa shape index (κ3) is 2.47. The van der Waals surface area contributed by atoms with Gasteiger partial charge in [-0.25, -0.2) is 0 Å². The highest BCUT2D eigenvalue weighted by molar-refractivity contribution is 5.82. The van der Waals surface area contributed by atoms with Crippen LogP contribution in [0.5, 0.6) is 0 Å². The molecule has 0 aromatic carbocycles. The van der Waals surface area contributed by atoms with Crippen LogP contribution < -0.4 is 5.32 Å². The fourth-order valence-corrected chi connectivity index (χ4v) is 1.23. The number of carbonyl (C=O) groups is 2. The van der Waals surface area contributed by atoms with E-state index in [1.807, 2.05) is 20.8 Å². The first-order chi connectivity index (χ1) is 6.30. The molecule has 4 heteroatoms. The van der Waals surface area contributed by atoms with Crippen LogP contribution in [0.25, 0.3) is 0 Å². The van der Waals surface area contributed by atoms with E-state index >= 15 is 0 Å². The quantitative estimate of drug-likeness (QED) is 0.662. The van der Waals surface area contributed by atoms with Crippen LogP contribution in [0.4, 0.5) is 0 Å². The zero-order chi connectivity index (χ0) is 10.9. The van der Waals surface area contributed by atoms with Crippen molar-refractivity contribution in [2.45, 2.75) is 33.7 Å². The van der Waals surface area contributed by atoms with Crippen molar-refractivity contribution < 1.29 is 9.59 Å². The molecule has 0 spiro atoms. The molecule has 1 N–H and O–H groups in total. The van der Waals surface area contributed by atoms with Crippen molar-refractivity contribution in [2.75, 3.05) is 13.1 Å². The van der Waals surface area contributed by atoms with Crippen molar-refractivity contribution in [2.24, 2.45) is 5.41 Å². The van der Waals surface area contributed by atoms with Gasteiger partial charge >= 0.3 is 0 Å². The molecule has 1 fully saturated rings. The summed E-state index contributed by atoms with van der Waals surface area (Å²) >= 11 is 0. The van der Waals surface area contributed by atoms with Crippen molar-refractivity contribution in [1.82, 2.24) is 10.2 Å². The highest BCUT2D eigenvalue weighted by atomic mass is 16.2. The Hall–Kier alpha value is -1.06. The first-order valence-electron chi connectivity index (χ1n) is 4.87. The largest absolute Gasteiger partial charge is 0.349 e. The maximum absolute atomic E-state index is 11.5. The zero-order valence-corrected chi connectivity index (χ0v) is 9.26. The maximum atomic E-state index is 11.5. The minimum atomic E-state index is -0.351.